The molecular formula is C20H21N3O3. The lowest BCUT2D eigenvalue weighted by Gasteiger charge is -2.05. The third kappa shape index (κ3) is 4.47. The highest BCUT2D eigenvalue weighted by Crippen LogP contribution is 2.20. The number of methoxy groups -OCH3 is 1. The van der Waals surface area contributed by atoms with E-state index in [1.165, 1.54) is 5.56 Å². The molecule has 0 fully saturated rings. The van der Waals surface area contributed by atoms with Crippen LogP contribution in [0.15, 0.2) is 53.1 Å². The van der Waals surface area contributed by atoms with Crippen LogP contribution in [0.2, 0.25) is 0 Å². The molecule has 1 aromatic heterocycles. The van der Waals surface area contributed by atoms with Crippen LogP contribution in [0.4, 0.5) is 5.69 Å². The molecule has 0 saturated heterocycles. The Hall–Kier alpha value is -3.15. The van der Waals surface area contributed by atoms with Crippen LogP contribution in [-0.4, -0.2) is 23.2 Å². The number of hydrogen-bond donors (Lipinski definition) is 1. The third-order valence-electron chi connectivity index (χ3n) is 4.03. The zero-order chi connectivity index (χ0) is 18.4. The van der Waals surface area contributed by atoms with Gasteiger partial charge in [-0.25, -0.2) is 0 Å². The summed E-state index contributed by atoms with van der Waals surface area (Å²) >= 11 is 0. The van der Waals surface area contributed by atoms with Gasteiger partial charge < -0.3 is 14.6 Å². The van der Waals surface area contributed by atoms with E-state index in [1.807, 2.05) is 48.5 Å². The average Bonchev–Trinajstić information content (AvgIpc) is 3.16. The summed E-state index contributed by atoms with van der Waals surface area (Å²) in [6, 6.07) is 15.2. The Morgan fingerprint density at radius 1 is 1.12 bits per heavy atom. The number of hydrogen-bond acceptors (Lipinski definition) is 5. The van der Waals surface area contributed by atoms with Crippen LogP contribution in [0.1, 0.15) is 24.8 Å². The summed E-state index contributed by atoms with van der Waals surface area (Å²) in [4.78, 5) is 16.4. The highest BCUT2D eigenvalue weighted by molar-refractivity contribution is 5.90. The minimum atomic E-state index is -0.0848. The number of nitrogens with one attached hydrogen (secondary N) is 1. The summed E-state index contributed by atoms with van der Waals surface area (Å²) < 4.78 is 10.4. The fourth-order valence-electron chi connectivity index (χ4n) is 2.48. The predicted molar refractivity (Wildman–Crippen MR) is 99.1 cm³/mol. The number of rotatable bonds is 7. The molecule has 0 aliphatic rings. The molecule has 1 heterocycles. The number of aryl methyl sites for hydroxylation is 2. The van der Waals surface area contributed by atoms with Gasteiger partial charge in [0.2, 0.25) is 17.6 Å². The van der Waals surface area contributed by atoms with E-state index in [0.29, 0.717) is 18.1 Å². The molecule has 0 spiro atoms. The number of carbonyl (C=O) groups excluding carboxylic acids is 1. The van der Waals surface area contributed by atoms with E-state index >= 15 is 0 Å². The van der Waals surface area contributed by atoms with Crippen molar-refractivity contribution in [3.8, 4) is 17.1 Å². The van der Waals surface area contributed by atoms with E-state index in [9.17, 15) is 4.79 Å². The lowest BCUT2D eigenvalue weighted by molar-refractivity contribution is -0.116. The zero-order valence-corrected chi connectivity index (χ0v) is 14.9. The van der Waals surface area contributed by atoms with Crippen molar-refractivity contribution in [1.29, 1.82) is 0 Å². The number of benzene rings is 2. The quantitative estimate of drug-likeness (QED) is 0.699. The lowest BCUT2D eigenvalue weighted by Crippen LogP contribution is -2.12. The summed E-state index contributed by atoms with van der Waals surface area (Å²) in [7, 11) is 1.62. The predicted octanol–water partition coefficient (Wildman–Crippen LogP) is 3.88. The van der Waals surface area contributed by atoms with Crippen LogP contribution in [0, 0.1) is 0 Å². The Labute approximate surface area is 152 Å². The van der Waals surface area contributed by atoms with E-state index in [4.69, 9.17) is 9.26 Å². The van der Waals surface area contributed by atoms with Crippen LogP contribution >= 0.6 is 0 Å². The van der Waals surface area contributed by atoms with Crippen molar-refractivity contribution in [3.05, 3.63) is 60.0 Å². The van der Waals surface area contributed by atoms with Crippen molar-refractivity contribution in [2.75, 3.05) is 12.4 Å². The number of carbonyl (C=O) groups is 1. The molecule has 0 aliphatic carbocycles. The van der Waals surface area contributed by atoms with Gasteiger partial charge in [-0.15, -0.1) is 0 Å². The number of amides is 1. The van der Waals surface area contributed by atoms with Gasteiger partial charge >= 0.3 is 0 Å². The molecule has 6 heteroatoms. The number of nitrogens with zero attached hydrogens (tertiary/aromatic N) is 2. The number of ether oxygens (including phenoxy) is 1. The second kappa shape index (κ2) is 8.29. The lowest BCUT2D eigenvalue weighted by atomic mass is 10.1. The SMILES string of the molecule is CCc1ccc(NC(=O)CCc2nc(-c3ccc(OC)cc3)no2)cc1. The molecule has 3 aromatic rings. The second-order valence-corrected chi connectivity index (χ2v) is 5.84. The normalized spacial score (nSPS) is 10.5. The van der Waals surface area contributed by atoms with E-state index in [-0.39, 0.29) is 12.3 Å². The number of aromatic nitrogens is 2. The maximum absolute atomic E-state index is 12.1. The van der Waals surface area contributed by atoms with Crippen molar-refractivity contribution in [1.82, 2.24) is 10.1 Å². The first kappa shape index (κ1) is 17.7. The molecule has 0 aliphatic heterocycles. The van der Waals surface area contributed by atoms with E-state index in [1.54, 1.807) is 7.11 Å². The largest absolute Gasteiger partial charge is 0.497 e. The molecule has 0 radical (unpaired) electrons. The minimum absolute atomic E-state index is 0.0848. The molecule has 0 saturated carbocycles. The van der Waals surface area contributed by atoms with Gasteiger partial charge in [0.05, 0.1) is 7.11 Å². The monoisotopic (exact) mass is 351 g/mol. The highest BCUT2D eigenvalue weighted by Gasteiger charge is 2.11. The molecule has 1 N–H and O–H groups in total. The summed E-state index contributed by atoms with van der Waals surface area (Å²) in [6.45, 7) is 2.10. The van der Waals surface area contributed by atoms with Gasteiger partial charge in [-0.3, -0.25) is 4.79 Å². The topological polar surface area (TPSA) is 77.2 Å². The zero-order valence-electron chi connectivity index (χ0n) is 14.9. The first-order chi connectivity index (χ1) is 12.7. The Morgan fingerprint density at radius 2 is 1.85 bits per heavy atom. The summed E-state index contributed by atoms with van der Waals surface area (Å²) in [5.74, 6) is 1.62. The second-order valence-electron chi connectivity index (χ2n) is 5.84. The average molecular weight is 351 g/mol. The molecule has 6 nitrogen and oxygen atoms in total. The Kier molecular flexibility index (Phi) is 5.63. The molecular weight excluding hydrogens is 330 g/mol. The molecule has 3 rings (SSSR count). The van der Waals surface area contributed by atoms with Crippen molar-refractivity contribution < 1.29 is 14.1 Å². The van der Waals surface area contributed by atoms with Crippen LogP contribution in [-0.2, 0) is 17.6 Å². The van der Waals surface area contributed by atoms with Gasteiger partial charge in [0.25, 0.3) is 0 Å². The van der Waals surface area contributed by atoms with Gasteiger partial charge in [-0.2, -0.15) is 4.98 Å². The number of anilines is 1. The minimum Gasteiger partial charge on any atom is -0.497 e. The smallest absolute Gasteiger partial charge is 0.227 e. The van der Waals surface area contributed by atoms with Gasteiger partial charge in [0.15, 0.2) is 0 Å². The fourth-order valence-corrected chi connectivity index (χ4v) is 2.48. The van der Waals surface area contributed by atoms with Gasteiger partial charge in [0, 0.05) is 24.1 Å². The highest BCUT2D eigenvalue weighted by atomic mass is 16.5. The van der Waals surface area contributed by atoms with Crippen molar-refractivity contribution in [2.24, 2.45) is 0 Å². The van der Waals surface area contributed by atoms with Crippen LogP contribution in [0.25, 0.3) is 11.4 Å². The van der Waals surface area contributed by atoms with Crippen molar-refractivity contribution in [3.63, 3.8) is 0 Å². The molecule has 1 amide bonds. The first-order valence-corrected chi connectivity index (χ1v) is 8.53. The van der Waals surface area contributed by atoms with Crippen LogP contribution in [0.3, 0.4) is 0 Å². The molecule has 0 bridgehead atoms. The molecule has 2 aromatic carbocycles. The summed E-state index contributed by atoms with van der Waals surface area (Å²) in [5, 5.41) is 6.84. The van der Waals surface area contributed by atoms with Gasteiger partial charge in [0.1, 0.15) is 5.75 Å². The first-order valence-electron chi connectivity index (χ1n) is 8.53. The van der Waals surface area contributed by atoms with E-state index in [0.717, 1.165) is 23.4 Å². The molecule has 0 atom stereocenters. The van der Waals surface area contributed by atoms with Gasteiger partial charge in [-0.1, -0.05) is 24.2 Å². The van der Waals surface area contributed by atoms with Gasteiger partial charge in [-0.05, 0) is 48.4 Å². The Bertz CT molecular complexity index is 855. The van der Waals surface area contributed by atoms with Crippen molar-refractivity contribution >= 4 is 11.6 Å². The maximum Gasteiger partial charge on any atom is 0.227 e. The molecule has 26 heavy (non-hydrogen) atoms. The molecule has 0 unspecified atom stereocenters. The van der Waals surface area contributed by atoms with E-state index < -0.39 is 0 Å². The summed E-state index contributed by atoms with van der Waals surface area (Å²) in [5.41, 5.74) is 2.86. The maximum atomic E-state index is 12.1. The van der Waals surface area contributed by atoms with Crippen LogP contribution < -0.4 is 10.1 Å². The molecule has 134 valence electrons. The van der Waals surface area contributed by atoms with Crippen molar-refractivity contribution in [2.45, 2.75) is 26.2 Å². The van der Waals surface area contributed by atoms with Crippen LogP contribution in [0.5, 0.6) is 5.75 Å². The summed E-state index contributed by atoms with van der Waals surface area (Å²) in [6.07, 6.45) is 1.64. The third-order valence-corrected chi connectivity index (χ3v) is 4.03. The van der Waals surface area contributed by atoms with E-state index in [2.05, 4.69) is 22.4 Å². The Morgan fingerprint density at radius 3 is 2.50 bits per heavy atom. The fraction of sp³-hybridized carbons (Fsp3) is 0.250. The Balaban J connectivity index is 1.54. The standard InChI is InChI=1S/C20H21N3O3/c1-3-14-4-8-16(9-5-14)21-18(24)12-13-19-22-20(23-26-19)15-6-10-17(25-2)11-7-15/h4-11H,3,12-13H2,1-2H3,(H,21,24).